The average Bonchev–Trinajstić information content (AvgIpc) is 3.19. The fraction of sp³-hybridized carbons (Fsp3) is 0.636. The third-order valence-corrected chi connectivity index (χ3v) is 7.76. The lowest BCUT2D eigenvalue weighted by molar-refractivity contribution is -0.140. The van der Waals surface area contributed by atoms with Crippen molar-refractivity contribution in [3.63, 3.8) is 0 Å². The van der Waals surface area contributed by atoms with Crippen molar-refractivity contribution in [3.8, 4) is 0 Å². The zero-order valence-corrected chi connectivity index (χ0v) is 17.1. The van der Waals surface area contributed by atoms with E-state index in [2.05, 4.69) is 4.99 Å². The number of aliphatic imine (C=N–C) groups is 1. The SMILES string of the molecule is CN1C(=O)C(C)(C)[C@@](C)(c2cc(CC3CC4CC3CC4O)ccc2F)N=C1N. The van der Waals surface area contributed by atoms with Gasteiger partial charge in [-0.25, -0.2) is 9.38 Å². The molecule has 2 saturated carbocycles. The van der Waals surface area contributed by atoms with Gasteiger partial charge in [-0.3, -0.25) is 9.69 Å². The number of guanidine groups is 1. The number of rotatable bonds is 3. The number of amides is 1. The number of benzene rings is 1. The van der Waals surface area contributed by atoms with Crippen molar-refractivity contribution in [1.29, 1.82) is 0 Å². The summed E-state index contributed by atoms with van der Waals surface area (Å²) < 4.78 is 14.9. The summed E-state index contributed by atoms with van der Waals surface area (Å²) >= 11 is 0. The van der Waals surface area contributed by atoms with Gasteiger partial charge >= 0.3 is 0 Å². The quantitative estimate of drug-likeness (QED) is 0.837. The minimum absolute atomic E-state index is 0.110. The second kappa shape index (κ2) is 6.28. The number of carbonyl (C=O) groups is 1. The Morgan fingerprint density at radius 1 is 1.25 bits per heavy atom. The normalized spacial score (nSPS) is 36.7. The van der Waals surface area contributed by atoms with Gasteiger partial charge in [-0.2, -0.15) is 0 Å². The van der Waals surface area contributed by atoms with Gasteiger partial charge in [-0.1, -0.05) is 12.1 Å². The van der Waals surface area contributed by atoms with Crippen LogP contribution >= 0.6 is 0 Å². The first-order valence-corrected chi connectivity index (χ1v) is 10.1. The molecule has 1 aromatic rings. The Bertz CT molecular complexity index is 850. The van der Waals surface area contributed by atoms with E-state index in [0.717, 1.165) is 31.2 Å². The standard InChI is InChI=1S/C22H30FN3O2/c1-21(2)19(28)26(4)20(24)25-22(21,3)16-8-12(5-6-17(16)23)7-13-9-15-10-14(13)11-18(15)27/h5-6,8,13-15,18,27H,7,9-11H2,1-4H3,(H2,24,25)/t13?,14?,15?,18?,22-/m1/s1. The lowest BCUT2D eigenvalue weighted by Crippen LogP contribution is -2.58. The summed E-state index contributed by atoms with van der Waals surface area (Å²) in [5.74, 6) is 1.08. The second-order valence-corrected chi connectivity index (χ2v) is 9.60. The molecule has 4 unspecified atom stereocenters. The molecular formula is C22H30FN3O2. The minimum Gasteiger partial charge on any atom is -0.393 e. The van der Waals surface area contributed by atoms with Crippen LogP contribution in [0, 0.1) is 29.0 Å². The van der Waals surface area contributed by atoms with Gasteiger partial charge in [0.2, 0.25) is 5.91 Å². The Kier molecular flexibility index (Phi) is 4.34. The number of aliphatic hydroxyl groups is 1. The second-order valence-electron chi connectivity index (χ2n) is 9.60. The molecule has 1 amide bonds. The molecule has 0 spiro atoms. The molecule has 6 heteroatoms. The zero-order valence-electron chi connectivity index (χ0n) is 17.1. The molecule has 5 nitrogen and oxygen atoms in total. The molecule has 0 radical (unpaired) electrons. The molecule has 2 aliphatic carbocycles. The molecule has 2 fully saturated rings. The number of carbonyl (C=O) groups excluding carboxylic acids is 1. The molecule has 152 valence electrons. The number of aliphatic hydroxyl groups excluding tert-OH is 1. The molecule has 3 aliphatic rings. The van der Waals surface area contributed by atoms with E-state index in [4.69, 9.17) is 5.73 Å². The maximum atomic E-state index is 14.9. The van der Waals surface area contributed by atoms with E-state index in [0.29, 0.717) is 23.3 Å². The number of hydrogen-bond donors (Lipinski definition) is 2. The third-order valence-electron chi connectivity index (χ3n) is 7.76. The summed E-state index contributed by atoms with van der Waals surface area (Å²) in [4.78, 5) is 18.8. The summed E-state index contributed by atoms with van der Waals surface area (Å²) in [5.41, 5.74) is 5.45. The summed E-state index contributed by atoms with van der Waals surface area (Å²) in [6.45, 7) is 5.39. The van der Waals surface area contributed by atoms with E-state index >= 15 is 0 Å². The Hall–Kier alpha value is -1.95. The number of halogens is 1. The van der Waals surface area contributed by atoms with Crippen molar-refractivity contribution in [2.45, 2.75) is 58.1 Å². The smallest absolute Gasteiger partial charge is 0.237 e. The highest BCUT2D eigenvalue weighted by atomic mass is 19.1. The number of hydrogen-bond acceptors (Lipinski definition) is 4. The summed E-state index contributed by atoms with van der Waals surface area (Å²) in [6, 6.07) is 5.19. The Morgan fingerprint density at radius 2 is 1.96 bits per heavy atom. The van der Waals surface area contributed by atoms with Crippen molar-refractivity contribution in [2.75, 3.05) is 7.05 Å². The van der Waals surface area contributed by atoms with E-state index in [1.54, 1.807) is 27.8 Å². The zero-order chi connectivity index (χ0) is 20.4. The molecule has 1 heterocycles. The molecular weight excluding hydrogens is 357 g/mol. The lowest BCUT2D eigenvalue weighted by atomic mass is 9.67. The number of nitrogens with zero attached hydrogens (tertiary/aromatic N) is 2. The van der Waals surface area contributed by atoms with E-state index in [9.17, 15) is 14.3 Å². The molecule has 2 bridgehead atoms. The summed E-state index contributed by atoms with van der Waals surface area (Å²) in [5, 5.41) is 10.0. The van der Waals surface area contributed by atoms with Crippen molar-refractivity contribution in [3.05, 3.63) is 35.1 Å². The van der Waals surface area contributed by atoms with Gasteiger partial charge in [0.15, 0.2) is 5.96 Å². The molecule has 0 saturated heterocycles. The highest BCUT2D eigenvalue weighted by Gasteiger charge is 2.54. The maximum Gasteiger partial charge on any atom is 0.237 e. The van der Waals surface area contributed by atoms with Crippen LogP contribution in [0.15, 0.2) is 23.2 Å². The first-order chi connectivity index (χ1) is 13.0. The van der Waals surface area contributed by atoms with Crippen LogP contribution in [0.5, 0.6) is 0 Å². The van der Waals surface area contributed by atoms with E-state index in [1.807, 2.05) is 12.1 Å². The van der Waals surface area contributed by atoms with Gasteiger partial charge < -0.3 is 10.8 Å². The van der Waals surface area contributed by atoms with E-state index < -0.39 is 11.0 Å². The van der Waals surface area contributed by atoms with Crippen LogP contribution in [0.25, 0.3) is 0 Å². The molecule has 1 aliphatic heterocycles. The van der Waals surface area contributed by atoms with Gasteiger partial charge in [-0.05, 0) is 75.8 Å². The van der Waals surface area contributed by atoms with Crippen LogP contribution in [0.3, 0.4) is 0 Å². The fourth-order valence-corrected chi connectivity index (χ4v) is 5.56. The van der Waals surface area contributed by atoms with Crippen molar-refractivity contribution in [2.24, 2.45) is 33.9 Å². The van der Waals surface area contributed by atoms with Gasteiger partial charge in [-0.15, -0.1) is 0 Å². The van der Waals surface area contributed by atoms with Gasteiger partial charge in [0, 0.05) is 12.6 Å². The summed E-state index contributed by atoms with van der Waals surface area (Å²) in [7, 11) is 1.60. The van der Waals surface area contributed by atoms with Crippen molar-refractivity contribution >= 4 is 11.9 Å². The Labute approximate surface area is 165 Å². The minimum atomic E-state index is -1.08. The molecule has 5 atom stereocenters. The monoisotopic (exact) mass is 387 g/mol. The Morgan fingerprint density at radius 3 is 2.57 bits per heavy atom. The first-order valence-electron chi connectivity index (χ1n) is 10.1. The highest BCUT2D eigenvalue weighted by Crippen LogP contribution is 2.50. The third kappa shape index (κ3) is 2.68. The van der Waals surface area contributed by atoms with Crippen LogP contribution < -0.4 is 5.73 Å². The largest absolute Gasteiger partial charge is 0.393 e. The van der Waals surface area contributed by atoms with Crippen molar-refractivity contribution in [1.82, 2.24) is 4.90 Å². The van der Waals surface area contributed by atoms with Crippen LogP contribution in [0.2, 0.25) is 0 Å². The molecule has 4 rings (SSSR count). The predicted octanol–water partition coefficient (Wildman–Crippen LogP) is 2.80. The first kappa shape index (κ1) is 19.4. The molecule has 0 aromatic heterocycles. The molecule has 1 aromatic carbocycles. The number of fused-ring (bicyclic) bond motifs is 2. The topological polar surface area (TPSA) is 78.9 Å². The van der Waals surface area contributed by atoms with Gasteiger partial charge in [0.1, 0.15) is 11.4 Å². The van der Waals surface area contributed by atoms with Crippen LogP contribution in [-0.2, 0) is 16.8 Å². The number of nitrogens with two attached hydrogens (primary N) is 1. The van der Waals surface area contributed by atoms with E-state index in [1.165, 1.54) is 11.0 Å². The fourth-order valence-electron chi connectivity index (χ4n) is 5.56. The molecule has 3 N–H and O–H groups in total. The molecule has 28 heavy (non-hydrogen) atoms. The van der Waals surface area contributed by atoms with E-state index in [-0.39, 0.29) is 23.8 Å². The Balaban J connectivity index is 1.68. The lowest BCUT2D eigenvalue weighted by Gasteiger charge is -2.46. The maximum absolute atomic E-state index is 14.9. The summed E-state index contributed by atoms with van der Waals surface area (Å²) in [6.07, 6.45) is 3.75. The van der Waals surface area contributed by atoms with Crippen LogP contribution in [-0.4, -0.2) is 35.0 Å². The van der Waals surface area contributed by atoms with Gasteiger partial charge in [0.05, 0.1) is 11.5 Å². The van der Waals surface area contributed by atoms with Crippen LogP contribution in [0.1, 0.15) is 51.2 Å². The van der Waals surface area contributed by atoms with Crippen LogP contribution in [0.4, 0.5) is 4.39 Å². The van der Waals surface area contributed by atoms with Crippen molar-refractivity contribution < 1.29 is 14.3 Å². The highest BCUT2D eigenvalue weighted by molar-refractivity contribution is 6.01. The average molecular weight is 387 g/mol. The van der Waals surface area contributed by atoms with Gasteiger partial charge in [0.25, 0.3) is 0 Å². The predicted molar refractivity (Wildman–Crippen MR) is 106 cm³/mol.